The summed E-state index contributed by atoms with van der Waals surface area (Å²) < 4.78 is 44.1. The summed E-state index contributed by atoms with van der Waals surface area (Å²) in [6.45, 7) is 1.97. The summed E-state index contributed by atoms with van der Waals surface area (Å²) in [5.41, 5.74) is 0.846. The number of aryl methyl sites for hydroxylation is 1. The van der Waals surface area contributed by atoms with Crippen LogP contribution >= 0.6 is 11.3 Å². The maximum atomic E-state index is 12.8. The molecule has 2 aromatic carbocycles. The summed E-state index contributed by atoms with van der Waals surface area (Å²) >= 11 is 1.06. The second kappa shape index (κ2) is 10.1. The molecule has 4 rings (SSSR count). The van der Waals surface area contributed by atoms with Gasteiger partial charge >= 0.3 is 6.18 Å². The average Bonchev–Trinajstić information content (AvgIpc) is 3.22. The predicted molar refractivity (Wildman–Crippen MR) is 126 cm³/mol. The smallest absolute Gasteiger partial charge is 0.416 e. The third-order valence-electron chi connectivity index (χ3n) is 5.11. The second-order valence-corrected chi connectivity index (χ2v) is 8.63. The lowest BCUT2D eigenvalue weighted by molar-refractivity contribution is -0.137. The summed E-state index contributed by atoms with van der Waals surface area (Å²) in [5, 5.41) is 3.15. The number of ether oxygens (including phenoxy) is 1. The normalized spacial score (nSPS) is 11.3. The molecule has 0 aliphatic rings. The molecule has 6 nitrogen and oxygen atoms in total. The zero-order valence-electron chi connectivity index (χ0n) is 18.5. The number of aromatic amines is 1. The Labute approximate surface area is 202 Å². The number of alkyl halides is 3. The highest BCUT2D eigenvalue weighted by Crippen LogP contribution is 2.33. The number of H-pyrrole nitrogens is 1. The van der Waals surface area contributed by atoms with Crippen LogP contribution in [0.5, 0.6) is 5.75 Å². The molecular formula is C25H20F3N3O3S. The number of hydrogen-bond donors (Lipinski definition) is 2. The molecule has 0 spiro atoms. The number of amides is 1. The molecule has 180 valence electrons. The minimum atomic E-state index is -4.42. The van der Waals surface area contributed by atoms with Crippen molar-refractivity contribution in [3.05, 3.63) is 104 Å². The van der Waals surface area contributed by atoms with Gasteiger partial charge in [-0.2, -0.15) is 13.2 Å². The number of benzene rings is 2. The van der Waals surface area contributed by atoms with Crippen molar-refractivity contribution >= 4 is 17.2 Å². The fourth-order valence-electron chi connectivity index (χ4n) is 3.31. The van der Waals surface area contributed by atoms with Gasteiger partial charge in [-0.15, -0.1) is 11.3 Å². The monoisotopic (exact) mass is 499 g/mol. The fraction of sp³-hybridized carbons (Fsp3) is 0.160. The molecular weight excluding hydrogens is 479 g/mol. The third-order valence-corrected chi connectivity index (χ3v) is 6.28. The van der Waals surface area contributed by atoms with Gasteiger partial charge in [0, 0.05) is 12.7 Å². The lowest BCUT2D eigenvalue weighted by atomic mass is 10.1. The van der Waals surface area contributed by atoms with Crippen LogP contribution < -0.4 is 15.6 Å². The summed E-state index contributed by atoms with van der Waals surface area (Å²) in [7, 11) is 0. The zero-order valence-corrected chi connectivity index (χ0v) is 19.3. The number of carbonyl (C=O) groups is 1. The Morgan fingerprint density at radius 2 is 1.77 bits per heavy atom. The average molecular weight is 500 g/mol. The molecule has 2 aromatic heterocycles. The molecule has 2 heterocycles. The lowest BCUT2D eigenvalue weighted by Gasteiger charge is -2.11. The van der Waals surface area contributed by atoms with E-state index in [1.807, 2.05) is 30.3 Å². The van der Waals surface area contributed by atoms with Crippen LogP contribution in [0, 0.1) is 6.92 Å². The van der Waals surface area contributed by atoms with Gasteiger partial charge in [0.2, 0.25) is 0 Å². The van der Waals surface area contributed by atoms with Crippen molar-refractivity contribution < 1.29 is 22.7 Å². The highest BCUT2D eigenvalue weighted by atomic mass is 32.1. The highest BCUT2D eigenvalue weighted by molar-refractivity contribution is 7.17. The quantitative estimate of drug-likeness (QED) is 0.360. The molecule has 0 atom stereocenters. The van der Waals surface area contributed by atoms with Gasteiger partial charge in [-0.3, -0.25) is 9.59 Å². The van der Waals surface area contributed by atoms with Gasteiger partial charge in [-0.25, -0.2) is 4.98 Å². The summed E-state index contributed by atoms with van der Waals surface area (Å²) in [6, 6.07) is 15.6. The van der Waals surface area contributed by atoms with Gasteiger partial charge in [-0.05, 0) is 36.2 Å². The van der Waals surface area contributed by atoms with Crippen LogP contribution in [0.25, 0.3) is 10.6 Å². The van der Waals surface area contributed by atoms with Gasteiger partial charge in [0.25, 0.3) is 11.5 Å². The highest BCUT2D eigenvalue weighted by Gasteiger charge is 2.30. The van der Waals surface area contributed by atoms with E-state index in [1.165, 1.54) is 24.4 Å². The van der Waals surface area contributed by atoms with Gasteiger partial charge < -0.3 is 15.0 Å². The first-order chi connectivity index (χ1) is 16.7. The first-order valence-corrected chi connectivity index (χ1v) is 11.3. The van der Waals surface area contributed by atoms with Crippen molar-refractivity contribution in [3.8, 4) is 16.3 Å². The predicted octanol–water partition coefficient (Wildman–Crippen LogP) is 5.33. The van der Waals surface area contributed by atoms with Crippen molar-refractivity contribution in [1.29, 1.82) is 0 Å². The van der Waals surface area contributed by atoms with Crippen molar-refractivity contribution in [2.75, 3.05) is 0 Å². The third kappa shape index (κ3) is 5.78. The largest absolute Gasteiger partial charge is 0.488 e. The van der Waals surface area contributed by atoms with E-state index in [4.69, 9.17) is 4.74 Å². The van der Waals surface area contributed by atoms with E-state index in [2.05, 4.69) is 15.3 Å². The number of nitrogens with zero attached hydrogens (tertiary/aromatic N) is 1. The van der Waals surface area contributed by atoms with E-state index in [-0.39, 0.29) is 23.8 Å². The number of pyridine rings is 1. The van der Waals surface area contributed by atoms with E-state index < -0.39 is 17.3 Å². The standard InChI is InChI=1S/C25H20F3N3O3S/c1-15-21(23(33)30-13-16-5-3-2-4-6-16)35-24(31-15)20-19(11-12-29-22(20)32)34-14-17-7-9-18(10-8-17)25(26,27)28/h2-12H,13-14H2,1H3,(H,29,32)(H,30,33). The summed E-state index contributed by atoms with van der Waals surface area (Å²) in [4.78, 5) is 32.7. The number of thiazole rings is 1. The topological polar surface area (TPSA) is 84.1 Å². The van der Waals surface area contributed by atoms with Gasteiger partial charge in [0.15, 0.2) is 0 Å². The van der Waals surface area contributed by atoms with Crippen LogP contribution in [-0.4, -0.2) is 15.9 Å². The van der Waals surface area contributed by atoms with Gasteiger partial charge in [0.05, 0.1) is 11.3 Å². The minimum absolute atomic E-state index is 0.0522. The molecule has 0 saturated heterocycles. The van der Waals surface area contributed by atoms with Gasteiger partial charge in [0.1, 0.15) is 27.8 Å². The Morgan fingerprint density at radius 1 is 1.06 bits per heavy atom. The van der Waals surface area contributed by atoms with E-state index in [1.54, 1.807) is 6.92 Å². The molecule has 1 amide bonds. The lowest BCUT2D eigenvalue weighted by Crippen LogP contribution is -2.22. The number of carbonyl (C=O) groups excluding carboxylic acids is 1. The Bertz CT molecular complexity index is 1380. The van der Waals surface area contributed by atoms with E-state index >= 15 is 0 Å². The van der Waals surface area contributed by atoms with Crippen molar-refractivity contribution in [2.45, 2.75) is 26.3 Å². The first kappa shape index (κ1) is 24.2. The maximum Gasteiger partial charge on any atom is 0.416 e. The van der Waals surface area contributed by atoms with Crippen LogP contribution in [0.4, 0.5) is 13.2 Å². The molecule has 0 aliphatic heterocycles. The SMILES string of the molecule is Cc1nc(-c2c(OCc3ccc(C(F)(F)F)cc3)cc[nH]c2=O)sc1C(=O)NCc1ccccc1. The molecule has 0 aliphatic carbocycles. The van der Waals surface area contributed by atoms with Crippen molar-refractivity contribution in [2.24, 2.45) is 0 Å². The number of nitrogens with one attached hydrogen (secondary N) is 2. The molecule has 0 radical (unpaired) electrons. The molecule has 0 unspecified atom stereocenters. The molecule has 10 heteroatoms. The van der Waals surface area contributed by atoms with E-state index in [0.29, 0.717) is 27.7 Å². The number of hydrogen-bond acceptors (Lipinski definition) is 5. The second-order valence-electron chi connectivity index (χ2n) is 7.63. The number of rotatable bonds is 7. The Kier molecular flexibility index (Phi) is 7.02. The summed E-state index contributed by atoms with van der Waals surface area (Å²) in [6.07, 6.45) is -3.02. The molecule has 2 N–H and O–H groups in total. The fourth-order valence-corrected chi connectivity index (χ4v) is 4.34. The van der Waals surface area contributed by atoms with Gasteiger partial charge in [-0.1, -0.05) is 42.5 Å². The van der Waals surface area contributed by atoms with Crippen LogP contribution in [0.3, 0.4) is 0 Å². The number of aromatic nitrogens is 2. The molecule has 4 aromatic rings. The number of halogens is 3. The Balaban J connectivity index is 1.52. The summed E-state index contributed by atoms with van der Waals surface area (Å²) in [5.74, 6) is -0.103. The Hall–Kier alpha value is -3.92. The minimum Gasteiger partial charge on any atom is -0.488 e. The van der Waals surface area contributed by atoms with Crippen LogP contribution in [0.1, 0.15) is 32.1 Å². The van der Waals surface area contributed by atoms with Crippen LogP contribution in [-0.2, 0) is 19.3 Å². The maximum absolute atomic E-state index is 12.8. The van der Waals surface area contributed by atoms with Crippen molar-refractivity contribution in [3.63, 3.8) is 0 Å². The van der Waals surface area contributed by atoms with E-state index in [9.17, 15) is 22.8 Å². The molecule has 35 heavy (non-hydrogen) atoms. The van der Waals surface area contributed by atoms with E-state index in [0.717, 1.165) is 29.0 Å². The van der Waals surface area contributed by atoms with Crippen LogP contribution in [0.15, 0.2) is 71.7 Å². The van der Waals surface area contributed by atoms with Crippen molar-refractivity contribution in [1.82, 2.24) is 15.3 Å². The molecule has 0 bridgehead atoms. The first-order valence-electron chi connectivity index (χ1n) is 10.5. The van der Waals surface area contributed by atoms with Crippen LogP contribution in [0.2, 0.25) is 0 Å². The molecule has 0 fully saturated rings. The molecule has 0 saturated carbocycles. The zero-order chi connectivity index (χ0) is 25.0. The Morgan fingerprint density at radius 3 is 2.46 bits per heavy atom.